The van der Waals surface area contributed by atoms with Gasteiger partial charge in [0.1, 0.15) is 0 Å². The average Bonchev–Trinajstić information content (AvgIpc) is 2.47. The van der Waals surface area contributed by atoms with Gasteiger partial charge in [-0.1, -0.05) is 37.3 Å². The molecule has 1 unspecified atom stereocenters. The van der Waals surface area contributed by atoms with Crippen LogP contribution in [-0.4, -0.2) is 36.3 Å². The third-order valence-electron chi connectivity index (χ3n) is 3.31. The molecule has 0 heterocycles. The zero-order chi connectivity index (χ0) is 15.0. The Bertz CT molecular complexity index is 431. The summed E-state index contributed by atoms with van der Waals surface area (Å²) in [5.41, 5.74) is 1.01. The second-order valence-electron chi connectivity index (χ2n) is 4.68. The molecule has 0 bridgehead atoms. The quantitative estimate of drug-likeness (QED) is 0.829. The second-order valence-corrected chi connectivity index (χ2v) is 4.68. The van der Waals surface area contributed by atoms with E-state index in [4.69, 9.17) is 0 Å². The van der Waals surface area contributed by atoms with Gasteiger partial charge >= 0.3 is 0 Å². The second kappa shape index (κ2) is 8.35. The van der Waals surface area contributed by atoms with E-state index in [1.165, 1.54) is 0 Å². The van der Waals surface area contributed by atoms with Crippen LogP contribution in [0.1, 0.15) is 38.7 Å². The van der Waals surface area contributed by atoms with Crippen molar-refractivity contribution in [3.8, 4) is 0 Å². The summed E-state index contributed by atoms with van der Waals surface area (Å²) in [5, 5.41) is 2.73. The number of carbonyl (C=O) groups is 2. The Hall–Kier alpha value is -1.84. The molecule has 1 atom stereocenters. The molecule has 1 rings (SSSR count). The minimum absolute atomic E-state index is 0.0208. The Morgan fingerprint density at radius 2 is 1.80 bits per heavy atom. The lowest BCUT2D eigenvalue weighted by Crippen LogP contribution is -2.42. The van der Waals surface area contributed by atoms with E-state index >= 15 is 0 Å². The SMILES string of the molecule is CCNC(=O)CN(CC)C(=O)C(CC)c1ccccc1. The van der Waals surface area contributed by atoms with Crippen LogP contribution in [0, 0.1) is 0 Å². The molecular weight excluding hydrogens is 252 g/mol. The van der Waals surface area contributed by atoms with Gasteiger partial charge in [0.2, 0.25) is 11.8 Å². The molecule has 0 fully saturated rings. The van der Waals surface area contributed by atoms with Crippen LogP contribution in [0.3, 0.4) is 0 Å². The number of nitrogens with one attached hydrogen (secondary N) is 1. The Labute approximate surface area is 121 Å². The van der Waals surface area contributed by atoms with Crippen molar-refractivity contribution in [3.05, 3.63) is 35.9 Å². The maximum Gasteiger partial charge on any atom is 0.239 e. The van der Waals surface area contributed by atoms with Gasteiger partial charge in [0, 0.05) is 13.1 Å². The highest BCUT2D eigenvalue weighted by atomic mass is 16.2. The molecule has 1 aromatic rings. The highest BCUT2D eigenvalue weighted by molar-refractivity contribution is 5.88. The lowest BCUT2D eigenvalue weighted by molar-refractivity contribution is -0.137. The molecule has 0 saturated carbocycles. The Morgan fingerprint density at radius 1 is 1.15 bits per heavy atom. The van der Waals surface area contributed by atoms with Crippen LogP contribution in [0.15, 0.2) is 30.3 Å². The van der Waals surface area contributed by atoms with E-state index in [1.807, 2.05) is 51.1 Å². The molecular formula is C16H24N2O2. The number of hydrogen-bond acceptors (Lipinski definition) is 2. The summed E-state index contributed by atoms with van der Waals surface area (Å²) in [4.78, 5) is 25.9. The largest absolute Gasteiger partial charge is 0.355 e. The summed E-state index contributed by atoms with van der Waals surface area (Å²) >= 11 is 0. The highest BCUT2D eigenvalue weighted by Gasteiger charge is 2.24. The van der Waals surface area contributed by atoms with Gasteiger partial charge in [-0.3, -0.25) is 9.59 Å². The van der Waals surface area contributed by atoms with Crippen LogP contribution in [0.25, 0.3) is 0 Å². The van der Waals surface area contributed by atoms with E-state index in [0.29, 0.717) is 13.1 Å². The Morgan fingerprint density at radius 3 is 2.30 bits per heavy atom. The van der Waals surface area contributed by atoms with E-state index in [1.54, 1.807) is 4.90 Å². The molecule has 0 saturated heterocycles. The summed E-state index contributed by atoms with van der Waals surface area (Å²) in [6, 6.07) is 9.74. The van der Waals surface area contributed by atoms with Gasteiger partial charge in [-0.25, -0.2) is 0 Å². The number of nitrogens with zero attached hydrogens (tertiary/aromatic N) is 1. The molecule has 4 nitrogen and oxygen atoms in total. The molecule has 0 aliphatic rings. The lowest BCUT2D eigenvalue weighted by atomic mass is 9.95. The first-order valence-corrected chi connectivity index (χ1v) is 7.24. The lowest BCUT2D eigenvalue weighted by Gasteiger charge is -2.25. The van der Waals surface area contributed by atoms with Crippen molar-refractivity contribution in [1.82, 2.24) is 10.2 Å². The smallest absolute Gasteiger partial charge is 0.239 e. The van der Waals surface area contributed by atoms with E-state index < -0.39 is 0 Å². The number of benzene rings is 1. The Balaban J connectivity index is 2.80. The van der Waals surface area contributed by atoms with Gasteiger partial charge in [0.15, 0.2) is 0 Å². The molecule has 4 heteroatoms. The fraction of sp³-hybridized carbons (Fsp3) is 0.500. The maximum absolute atomic E-state index is 12.6. The summed E-state index contributed by atoms with van der Waals surface area (Å²) in [5.74, 6) is -0.261. The van der Waals surface area contributed by atoms with Crippen molar-refractivity contribution in [3.63, 3.8) is 0 Å². The number of carbonyl (C=O) groups excluding carboxylic acids is 2. The number of hydrogen-bond donors (Lipinski definition) is 1. The van der Waals surface area contributed by atoms with Crippen LogP contribution in [-0.2, 0) is 9.59 Å². The molecule has 20 heavy (non-hydrogen) atoms. The molecule has 110 valence electrons. The van der Waals surface area contributed by atoms with Crippen molar-refractivity contribution in [1.29, 1.82) is 0 Å². The van der Waals surface area contributed by atoms with Gasteiger partial charge in [-0.2, -0.15) is 0 Å². The first-order chi connectivity index (χ1) is 9.63. The van der Waals surface area contributed by atoms with Gasteiger partial charge in [-0.15, -0.1) is 0 Å². The van der Waals surface area contributed by atoms with E-state index in [0.717, 1.165) is 12.0 Å². The number of amides is 2. The summed E-state index contributed by atoms with van der Waals surface area (Å²) in [6.07, 6.45) is 0.731. The van der Waals surface area contributed by atoms with Crippen molar-refractivity contribution in [2.24, 2.45) is 0 Å². The molecule has 0 spiro atoms. The number of rotatable bonds is 7. The van der Waals surface area contributed by atoms with Crippen LogP contribution in [0.5, 0.6) is 0 Å². The zero-order valence-corrected chi connectivity index (χ0v) is 12.6. The molecule has 1 aromatic carbocycles. The summed E-state index contributed by atoms with van der Waals surface area (Å²) in [6.45, 7) is 7.02. The molecule has 0 radical (unpaired) electrons. The molecule has 1 N–H and O–H groups in total. The Kier molecular flexibility index (Phi) is 6.77. The van der Waals surface area contributed by atoms with Crippen molar-refractivity contribution in [2.75, 3.05) is 19.6 Å². The maximum atomic E-state index is 12.6. The van der Waals surface area contributed by atoms with E-state index in [-0.39, 0.29) is 24.3 Å². The van der Waals surface area contributed by atoms with Crippen LogP contribution < -0.4 is 5.32 Å². The van der Waals surface area contributed by atoms with Crippen LogP contribution in [0.2, 0.25) is 0 Å². The normalized spacial score (nSPS) is 11.8. The van der Waals surface area contributed by atoms with E-state index in [9.17, 15) is 9.59 Å². The monoisotopic (exact) mass is 276 g/mol. The van der Waals surface area contributed by atoms with Crippen molar-refractivity contribution >= 4 is 11.8 Å². The highest BCUT2D eigenvalue weighted by Crippen LogP contribution is 2.21. The molecule has 2 amide bonds. The zero-order valence-electron chi connectivity index (χ0n) is 12.6. The predicted molar refractivity (Wildman–Crippen MR) is 80.4 cm³/mol. The molecule has 0 aromatic heterocycles. The fourth-order valence-corrected chi connectivity index (χ4v) is 2.23. The van der Waals surface area contributed by atoms with Crippen molar-refractivity contribution < 1.29 is 9.59 Å². The third kappa shape index (κ3) is 4.37. The van der Waals surface area contributed by atoms with Gasteiger partial charge in [-0.05, 0) is 25.8 Å². The molecule has 0 aliphatic carbocycles. The first kappa shape index (κ1) is 16.2. The minimum Gasteiger partial charge on any atom is -0.355 e. The fourth-order valence-electron chi connectivity index (χ4n) is 2.23. The van der Waals surface area contributed by atoms with Gasteiger partial charge in [0.25, 0.3) is 0 Å². The average molecular weight is 276 g/mol. The summed E-state index contributed by atoms with van der Waals surface area (Å²) < 4.78 is 0. The van der Waals surface area contributed by atoms with Gasteiger partial charge in [0.05, 0.1) is 12.5 Å². The van der Waals surface area contributed by atoms with Crippen LogP contribution in [0.4, 0.5) is 0 Å². The third-order valence-corrected chi connectivity index (χ3v) is 3.31. The minimum atomic E-state index is -0.175. The molecule has 0 aliphatic heterocycles. The predicted octanol–water partition coefficient (Wildman–Crippen LogP) is 2.16. The first-order valence-electron chi connectivity index (χ1n) is 7.24. The van der Waals surface area contributed by atoms with E-state index in [2.05, 4.69) is 5.32 Å². The summed E-state index contributed by atoms with van der Waals surface area (Å²) in [7, 11) is 0. The van der Waals surface area contributed by atoms with Crippen LogP contribution >= 0.6 is 0 Å². The van der Waals surface area contributed by atoms with Gasteiger partial charge < -0.3 is 10.2 Å². The standard InChI is InChI=1S/C16H24N2O2/c1-4-14(13-10-8-7-9-11-13)16(20)18(6-3)12-15(19)17-5-2/h7-11,14H,4-6,12H2,1-3H3,(H,17,19). The topological polar surface area (TPSA) is 49.4 Å². The van der Waals surface area contributed by atoms with Crippen molar-refractivity contribution in [2.45, 2.75) is 33.1 Å². The number of likely N-dealkylation sites (N-methyl/N-ethyl adjacent to an activating group) is 2.